The van der Waals surface area contributed by atoms with Gasteiger partial charge in [0.05, 0.1) is 10.7 Å². The lowest BCUT2D eigenvalue weighted by atomic mass is 9.96. The second-order valence-electron chi connectivity index (χ2n) is 5.93. The third-order valence-corrected chi connectivity index (χ3v) is 4.53. The third kappa shape index (κ3) is 3.42. The maximum atomic E-state index is 6.26. The smallest absolute Gasteiger partial charge is 0.136 e. The molecule has 0 spiro atoms. The van der Waals surface area contributed by atoms with E-state index in [1.54, 1.807) is 6.20 Å². The number of halogens is 1. The van der Waals surface area contributed by atoms with Gasteiger partial charge < -0.3 is 4.42 Å². The highest BCUT2D eigenvalue weighted by molar-refractivity contribution is 6.33. The van der Waals surface area contributed by atoms with Crippen LogP contribution in [0, 0.1) is 0 Å². The monoisotopic (exact) mass is 348 g/mol. The number of allylic oxidation sites excluding steroid dienone is 1. The molecule has 0 atom stereocenters. The van der Waals surface area contributed by atoms with E-state index in [1.807, 2.05) is 54.7 Å². The second-order valence-corrected chi connectivity index (χ2v) is 6.33. The van der Waals surface area contributed by atoms with E-state index in [4.69, 9.17) is 21.0 Å². The fourth-order valence-corrected chi connectivity index (χ4v) is 3.24. The van der Waals surface area contributed by atoms with E-state index in [9.17, 15) is 0 Å². The zero-order valence-electron chi connectivity index (χ0n) is 13.7. The van der Waals surface area contributed by atoms with Gasteiger partial charge in [-0.25, -0.2) is 0 Å². The first-order chi connectivity index (χ1) is 12.3. The van der Waals surface area contributed by atoms with Gasteiger partial charge in [0.2, 0.25) is 0 Å². The zero-order chi connectivity index (χ0) is 17.1. The van der Waals surface area contributed by atoms with Crippen LogP contribution in [0.5, 0.6) is 0 Å². The summed E-state index contributed by atoms with van der Waals surface area (Å²) in [7, 11) is 0. The molecule has 0 bridgehead atoms. The highest BCUT2D eigenvalue weighted by Crippen LogP contribution is 2.30. The number of hydrogen-bond acceptors (Lipinski definition) is 3. The minimum atomic E-state index is 0.686. The SMILES string of the molecule is Clc1ccccc1-c1ccc(C=C2CCCN=C2c2cccnc2)o1. The van der Waals surface area contributed by atoms with E-state index in [-0.39, 0.29) is 0 Å². The molecule has 0 saturated heterocycles. The Bertz CT molecular complexity index is 941. The van der Waals surface area contributed by atoms with Crippen LogP contribution in [0.15, 0.2) is 75.9 Å². The first-order valence-electron chi connectivity index (χ1n) is 8.32. The van der Waals surface area contributed by atoms with Gasteiger partial charge in [-0.1, -0.05) is 23.7 Å². The Morgan fingerprint density at radius 3 is 2.80 bits per heavy atom. The van der Waals surface area contributed by atoms with Gasteiger partial charge in [0.1, 0.15) is 11.5 Å². The maximum Gasteiger partial charge on any atom is 0.136 e. The Morgan fingerprint density at radius 2 is 1.96 bits per heavy atom. The topological polar surface area (TPSA) is 38.4 Å². The van der Waals surface area contributed by atoms with Crippen molar-refractivity contribution < 1.29 is 4.42 Å². The van der Waals surface area contributed by atoms with Crippen molar-refractivity contribution in [1.29, 1.82) is 0 Å². The average Bonchev–Trinajstić information content (AvgIpc) is 3.11. The number of rotatable bonds is 3. The second kappa shape index (κ2) is 7.08. The Hall–Kier alpha value is -2.65. The normalized spacial score (nSPS) is 16.0. The number of hydrogen-bond donors (Lipinski definition) is 0. The lowest BCUT2D eigenvalue weighted by Crippen LogP contribution is -2.11. The van der Waals surface area contributed by atoms with Crippen molar-refractivity contribution in [2.24, 2.45) is 4.99 Å². The Morgan fingerprint density at radius 1 is 1.04 bits per heavy atom. The number of nitrogens with zero attached hydrogens (tertiary/aromatic N) is 2. The molecule has 4 heteroatoms. The predicted molar refractivity (Wildman–Crippen MR) is 102 cm³/mol. The highest BCUT2D eigenvalue weighted by atomic mass is 35.5. The van der Waals surface area contributed by atoms with Gasteiger partial charge in [-0.2, -0.15) is 0 Å². The summed E-state index contributed by atoms with van der Waals surface area (Å²) in [5.41, 5.74) is 4.14. The Kier molecular flexibility index (Phi) is 4.49. The molecule has 0 amide bonds. The number of furan rings is 1. The highest BCUT2D eigenvalue weighted by Gasteiger charge is 2.15. The molecule has 3 heterocycles. The van der Waals surface area contributed by atoms with Gasteiger partial charge in [0.25, 0.3) is 0 Å². The first-order valence-corrected chi connectivity index (χ1v) is 8.69. The Labute approximate surface area is 151 Å². The van der Waals surface area contributed by atoms with Crippen molar-refractivity contribution >= 4 is 23.4 Å². The Balaban J connectivity index is 1.67. The molecule has 3 aromatic rings. The molecule has 0 N–H and O–H groups in total. The summed E-state index contributed by atoms with van der Waals surface area (Å²) in [4.78, 5) is 8.91. The van der Waals surface area contributed by atoms with E-state index in [1.165, 1.54) is 5.57 Å². The fourth-order valence-electron chi connectivity index (χ4n) is 3.01. The van der Waals surface area contributed by atoms with Crippen LogP contribution in [-0.2, 0) is 0 Å². The van der Waals surface area contributed by atoms with E-state index in [0.29, 0.717) is 5.02 Å². The third-order valence-electron chi connectivity index (χ3n) is 4.20. The average molecular weight is 349 g/mol. The van der Waals surface area contributed by atoms with Crippen molar-refractivity contribution in [2.45, 2.75) is 12.8 Å². The number of benzene rings is 1. The minimum Gasteiger partial charge on any atom is -0.457 e. The maximum absolute atomic E-state index is 6.26. The van der Waals surface area contributed by atoms with Crippen LogP contribution in [0.2, 0.25) is 5.02 Å². The minimum absolute atomic E-state index is 0.686. The van der Waals surface area contributed by atoms with Crippen LogP contribution in [-0.4, -0.2) is 17.2 Å². The summed E-state index contributed by atoms with van der Waals surface area (Å²) in [5, 5.41) is 0.686. The molecule has 0 fully saturated rings. The zero-order valence-corrected chi connectivity index (χ0v) is 14.4. The molecule has 25 heavy (non-hydrogen) atoms. The first kappa shape index (κ1) is 15.9. The van der Waals surface area contributed by atoms with Gasteiger partial charge >= 0.3 is 0 Å². The summed E-state index contributed by atoms with van der Waals surface area (Å²) in [6, 6.07) is 15.6. The standard InChI is InChI=1S/C21H17ClN2O/c22-19-8-2-1-7-18(19)20-10-9-17(25-20)13-15-5-4-12-24-21(15)16-6-3-11-23-14-16/h1-3,6-11,13-14H,4-5,12H2. The summed E-state index contributed by atoms with van der Waals surface area (Å²) in [5.74, 6) is 1.58. The largest absolute Gasteiger partial charge is 0.457 e. The van der Waals surface area contributed by atoms with Crippen LogP contribution < -0.4 is 0 Å². The molecule has 4 rings (SSSR count). The van der Waals surface area contributed by atoms with Gasteiger partial charge in [-0.05, 0) is 60.9 Å². The molecule has 0 radical (unpaired) electrons. The van der Waals surface area contributed by atoms with Gasteiger partial charge in [-0.15, -0.1) is 0 Å². The van der Waals surface area contributed by atoms with Crippen LogP contribution in [0.25, 0.3) is 17.4 Å². The molecule has 2 aromatic heterocycles. The fraction of sp³-hybridized carbons (Fsp3) is 0.143. The number of aromatic nitrogens is 1. The van der Waals surface area contributed by atoms with E-state index in [0.717, 1.165) is 47.7 Å². The van der Waals surface area contributed by atoms with Crippen LogP contribution >= 0.6 is 11.6 Å². The molecule has 1 aliphatic rings. The van der Waals surface area contributed by atoms with Gasteiger partial charge in [-0.3, -0.25) is 9.98 Å². The molecule has 0 unspecified atom stereocenters. The predicted octanol–water partition coefficient (Wildman–Crippen LogP) is 5.66. The molecular weight excluding hydrogens is 332 g/mol. The molecule has 3 nitrogen and oxygen atoms in total. The lowest BCUT2D eigenvalue weighted by Gasteiger charge is -2.15. The van der Waals surface area contributed by atoms with Crippen LogP contribution in [0.4, 0.5) is 0 Å². The number of pyridine rings is 1. The summed E-state index contributed by atoms with van der Waals surface area (Å²) < 4.78 is 6.01. The molecule has 124 valence electrons. The van der Waals surface area contributed by atoms with E-state index >= 15 is 0 Å². The molecule has 1 aromatic carbocycles. The molecule has 0 aliphatic carbocycles. The summed E-state index contributed by atoms with van der Waals surface area (Å²) in [6.07, 6.45) is 7.74. The van der Waals surface area contributed by atoms with Gasteiger partial charge in [0, 0.05) is 30.1 Å². The van der Waals surface area contributed by atoms with Crippen molar-refractivity contribution in [3.63, 3.8) is 0 Å². The summed E-state index contributed by atoms with van der Waals surface area (Å²) in [6.45, 7) is 0.852. The van der Waals surface area contributed by atoms with Crippen LogP contribution in [0.1, 0.15) is 24.2 Å². The quantitative estimate of drug-likeness (QED) is 0.612. The van der Waals surface area contributed by atoms with Gasteiger partial charge in [0.15, 0.2) is 0 Å². The van der Waals surface area contributed by atoms with E-state index in [2.05, 4.69) is 11.1 Å². The lowest BCUT2D eigenvalue weighted by molar-refractivity contribution is 0.571. The molecule has 0 saturated carbocycles. The van der Waals surface area contributed by atoms with Crippen LogP contribution in [0.3, 0.4) is 0 Å². The van der Waals surface area contributed by atoms with Crippen molar-refractivity contribution in [3.8, 4) is 11.3 Å². The number of aliphatic imine (C=N–C) groups is 1. The van der Waals surface area contributed by atoms with Crippen molar-refractivity contribution in [1.82, 2.24) is 4.98 Å². The molecular formula is C21H17ClN2O. The van der Waals surface area contributed by atoms with E-state index < -0.39 is 0 Å². The molecule has 1 aliphatic heterocycles. The van der Waals surface area contributed by atoms with Crippen molar-refractivity contribution in [3.05, 3.63) is 82.8 Å². The summed E-state index contributed by atoms with van der Waals surface area (Å²) >= 11 is 6.26. The van der Waals surface area contributed by atoms with Crippen molar-refractivity contribution in [2.75, 3.05) is 6.54 Å².